The number of aromatic nitrogens is 2. The van der Waals surface area contributed by atoms with Crippen LogP contribution in [0.5, 0.6) is 5.75 Å². The number of nitrogens with two attached hydrogens (primary N) is 1. The summed E-state index contributed by atoms with van der Waals surface area (Å²) in [5.41, 5.74) is 8.42. The summed E-state index contributed by atoms with van der Waals surface area (Å²) < 4.78 is 11.1. The zero-order valence-corrected chi connectivity index (χ0v) is 21.4. The SMILES string of the molecule is CCCC[C@@H](CC(=O)OC(C)(C)C)Nc1nc(N)nc(C)c1Cc1cc(C(C)=O)ccc1OC. The average molecular weight is 471 g/mol. The summed E-state index contributed by atoms with van der Waals surface area (Å²) in [5.74, 6) is 1.11. The van der Waals surface area contributed by atoms with Crippen molar-refractivity contribution in [3.8, 4) is 5.75 Å². The van der Waals surface area contributed by atoms with Crippen LogP contribution >= 0.6 is 0 Å². The molecule has 1 atom stereocenters. The molecule has 2 rings (SSSR count). The summed E-state index contributed by atoms with van der Waals surface area (Å²) in [7, 11) is 1.60. The van der Waals surface area contributed by atoms with Gasteiger partial charge in [0.25, 0.3) is 0 Å². The van der Waals surface area contributed by atoms with E-state index in [1.165, 1.54) is 6.92 Å². The van der Waals surface area contributed by atoms with Crippen LogP contribution in [0.1, 0.15) is 87.5 Å². The van der Waals surface area contributed by atoms with Gasteiger partial charge in [-0.2, -0.15) is 4.98 Å². The van der Waals surface area contributed by atoms with Crippen molar-refractivity contribution < 1.29 is 19.1 Å². The summed E-state index contributed by atoms with van der Waals surface area (Å²) in [6.45, 7) is 11.1. The molecule has 0 saturated carbocycles. The number of benzene rings is 1. The first-order chi connectivity index (χ1) is 15.9. The van der Waals surface area contributed by atoms with E-state index in [1.54, 1.807) is 19.2 Å². The largest absolute Gasteiger partial charge is 0.496 e. The van der Waals surface area contributed by atoms with Crippen LogP contribution in [0, 0.1) is 6.92 Å². The number of methoxy groups -OCH3 is 1. The van der Waals surface area contributed by atoms with Gasteiger partial charge in [-0.25, -0.2) is 4.98 Å². The first-order valence-electron chi connectivity index (χ1n) is 11.7. The van der Waals surface area contributed by atoms with Crippen LogP contribution in [0.3, 0.4) is 0 Å². The first-order valence-corrected chi connectivity index (χ1v) is 11.7. The third-order valence-electron chi connectivity index (χ3n) is 5.37. The maximum atomic E-state index is 12.5. The molecule has 0 radical (unpaired) electrons. The summed E-state index contributed by atoms with van der Waals surface area (Å²) in [6.07, 6.45) is 3.37. The molecule has 2 aromatic rings. The lowest BCUT2D eigenvalue weighted by atomic mass is 9.99. The second-order valence-electron chi connectivity index (χ2n) is 9.53. The zero-order chi connectivity index (χ0) is 25.5. The van der Waals surface area contributed by atoms with Crippen molar-refractivity contribution in [3.05, 3.63) is 40.6 Å². The van der Waals surface area contributed by atoms with Crippen molar-refractivity contribution in [2.45, 2.75) is 85.3 Å². The molecule has 34 heavy (non-hydrogen) atoms. The minimum absolute atomic E-state index is 0.0236. The molecule has 0 aliphatic rings. The highest BCUT2D eigenvalue weighted by molar-refractivity contribution is 5.94. The summed E-state index contributed by atoms with van der Waals surface area (Å²) >= 11 is 0. The number of hydrogen-bond donors (Lipinski definition) is 2. The molecule has 8 nitrogen and oxygen atoms in total. The number of nitrogen functional groups attached to an aromatic ring is 1. The van der Waals surface area contributed by atoms with Crippen LogP contribution in [0.25, 0.3) is 0 Å². The Bertz CT molecular complexity index is 1010. The van der Waals surface area contributed by atoms with E-state index in [0.29, 0.717) is 23.6 Å². The van der Waals surface area contributed by atoms with E-state index in [0.717, 1.165) is 36.1 Å². The number of carbonyl (C=O) groups excluding carboxylic acids is 2. The van der Waals surface area contributed by atoms with Crippen molar-refractivity contribution >= 4 is 23.5 Å². The van der Waals surface area contributed by atoms with Gasteiger partial charge < -0.3 is 20.5 Å². The van der Waals surface area contributed by atoms with Gasteiger partial charge in [0.15, 0.2) is 5.78 Å². The monoisotopic (exact) mass is 470 g/mol. The fraction of sp³-hybridized carbons (Fsp3) is 0.538. The normalized spacial score (nSPS) is 12.2. The highest BCUT2D eigenvalue weighted by Crippen LogP contribution is 2.29. The van der Waals surface area contributed by atoms with Crippen LogP contribution in [0.4, 0.5) is 11.8 Å². The number of rotatable bonds is 11. The van der Waals surface area contributed by atoms with Crippen LogP contribution < -0.4 is 15.8 Å². The number of ether oxygens (including phenoxy) is 2. The Kier molecular flexibility index (Phi) is 9.41. The predicted molar refractivity (Wildman–Crippen MR) is 134 cm³/mol. The van der Waals surface area contributed by atoms with Gasteiger partial charge in [-0.05, 0) is 64.8 Å². The molecule has 3 N–H and O–H groups in total. The molecule has 0 bridgehead atoms. The smallest absolute Gasteiger partial charge is 0.308 e. The lowest BCUT2D eigenvalue weighted by Gasteiger charge is -2.24. The second kappa shape index (κ2) is 11.8. The number of esters is 1. The van der Waals surface area contributed by atoms with Crippen molar-refractivity contribution in [1.82, 2.24) is 9.97 Å². The highest BCUT2D eigenvalue weighted by Gasteiger charge is 2.23. The van der Waals surface area contributed by atoms with Gasteiger partial charge in [-0.3, -0.25) is 9.59 Å². The van der Waals surface area contributed by atoms with E-state index in [4.69, 9.17) is 15.2 Å². The molecule has 0 aliphatic heterocycles. The number of aryl methyl sites for hydroxylation is 1. The van der Waals surface area contributed by atoms with Crippen LogP contribution in [0.2, 0.25) is 0 Å². The van der Waals surface area contributed by atoms with Gasteiger partial charge in [0.2, 0.25) is 5.95 Å². The molecule has 0 saturated heterocycles. The number of nitrogens with zero attached hydrogens (tertiary/aromatic N) is 2. The highest BCUT2D eigenvalue weighted by atomic mass is 16.6. The van der Waals surface area contributed by atoms with E-state index in [9.17, 15) is 9.59 Å². The van der Waals surface area contributed by atoms with Gasteiger partial charge in [-0.1, -0.05) is 19.8 Å². The maximum Gasteiger partial charge on any atom is 0.308 e. The maximum absolute atomic E-state index is 12.5. The third-order valence-corrected chi connectivity index (χ3v) is 5.37. The molecule has 0 fully saturated rings. The van der Waals surface area contributed by atoms with Crippen molar-refractivity contribution in [3.63, 3.8) is 0 Å². The topological polar surface area (TPSA) is 116 Å². The van der Waals surface area contributed by atoms with Crippen molar-refractivity contribution in [2.75, 3.05) is 18.2 Å². The molecule has 0 unspecified atom stereocenters. The van der Waals surface area contributed by atoms with E-state index in [2.05, 4.69) is 22.2 Å². The first kappa shape index (κ1) is 27.1. The molecule has 0 amide bonds. The Labute approximate surface area is 202 Å². The van der Waals surface area contributed by atoms with Gasteiger partial charge in [0.05, 0.1) is 13.5 Å². The average Bonchev–Trinajstić information content (AvgIpc) is 2.72. The zero-order valence-electron chi connectivity index (χ0n) is 21.4. The Hall–Kier alpha value is -3.16. The molecule has 0 aliphatic carbocycles. The third kappa shape index (κ3) is 8.01. The van der Waals surface area contributed by atoms with E-state index >= 15 is 0 Å². The van der Waals surface area contributed by atoms with E-state index in [-0.39, 0.29) is 30.2 Å². The van der Waals surface area contributed by atoms with E-state index in [1.807, 2.05) is 33.8 Å². The fourth-order valence-corrected chi connectivity index (χ4v) is 3.73. The van der Waals surface area contributed by atoms with Crippen molar-refractivity contribution in [1.29, 1.82) is 0 Å². The quantitative estimate of drug-likeness (QED) is 0.353. The number of hydrogen-bond acceptors (Lipinski definition) is 8. The van der Waals surface area contributed by atoms with E-state index < -0.39 is 5.60 Å². The predicted octanol–water partition coefficient (Wildman–Crippen LogP) is 4.87. The number of ketones is 1. The van der Waals surface area contributed by atoms with Crippen LogP contribution in [0.15, 0.2) is 18.2 Å². The Balaban J connectivity index is 2.41. The minimum Gasteiger partial charge on any atom is -0.496 e. The number of Topliss-reactive ketones (excluding diaryl/α,β-unsaturated/α-hetero) is 1. The Morgan fingerprint density at radius 1 is 1.21 bits per heavy atom. The standard InChI is InChI=1S/C26H38N4O4/c1-8-9-10-20(15-23(32)34-26(4,5)6)29-24-21(16(2)28-25(27)30-24)14-19-13-18(17(3)31)11-12-22(19)33-7/h11-13,20H,8-10,14-15H2,1-7H3,(H3,27,28,29,30)/t20-/m0/s1. The van der Waals surface area contributed by atoms with Gasteiger partial charge in [0.1, 0.15) is 17.2 Å². The molecule has 1 aromatic carbocycles. The van der Waals surface area contributed by atoms with Crippen molar-refractivity contribution in [2.24, 2.45) is 0 Å². The summed E-state index contributed by atoms with van der Waals surface area (Å²) in [6, 6.07) is 5.19. The summed E-state index contributed by atoms with van der Waals surface area (Å²) in [5, 5.41) is 3.44. The molecular formula is C26H38N4O4. The lowest BCUT2D eigenvalue weighted by Crippen LogP contribution is -2.30. The number of anilines is 2. The Morgan fingerprint density at radius 2 is 1.91 bits per heavy atom. The fourth-order valence-electron chi connectivity index (χ4n) is 3.73. The minimum atomic E-state index is -0.550. The molecule has 8 heteroatoms. The second-order valence-corrected chi connectivity index (χ2v) is 9.53. The molecular weight excluding hydrogens is 432 g/mol. The number of carbonyl (C=O) groups is 2. The lowest BCUT2D eigenvalue weighted by molar-refractivity contribution is -0.155. The van der Waals surface area contributed by atoms with Gasteiger partial charge in [0, 0.05) is 29.3 Å². The molecule has 1 heterocycles. The van der Waals surface area contributed by atoms with Gasteiger partial charge in [-0.15, -0.1) is 0 Å². The van der Waals surface area contributed by atoms with Crippen LogP contribution in [-0.2, 0) is 16.0 Å². The molecule has 186 valence electrons. The number of unbranched alkanes of at least 4 members (excludes halogenated alkanes) is 1. The van der Waals surface area contributed by atoms with Gasteiger partial charge >= 0.3 is 5.97 Å². The Morgan fingerprint density at radius 3 is 2.50 bits per heavy atom. The number of nitrogens with one attached hydrogen (secondary N) is 1. The van der Waals surface area contributed by atoms with Crippen LogP contribution in [-0.4, -0.2) is 40.5 Å². The molecule has 1 aromatic heterocycles. The molecule has 0 spiro atoms. The summed E-state index contributed by atoms with van der Waals surface area (Å²) in [4.78, 5) is 33.3.